The highest BCUT2D eigenvalue weighted by Crippen LogP contribution is 2.32. The van der Waals surface area contributed by atoms with Crippen LogP contribution in [-0.2, 0) is 6.42 Å². The van der Waals surface area contributed by atoms with Gasteiger partial charge in [-0.05, 0) is 32.6 Å². The van der Waals surface area contributed by atoms with E-state index < -0.39 is 0 Å². The van der Waals surface area contributed by atoms with E-state index in [1.807, 2.05) is 6.92 Å². The smallest absolute Gasteiger partial charge is 0.137 e. The van der Waals surface area contributed by atoms with Crippen LogP contribution in [0.15, 0.2) is 0 Å². The maximum Gasteiger partial charge on any atom is 0.137 e. The average Bonchev–Trinajstić information content (AvgIpc) is 2.31. The van der Waals surface area contributed by atoms with Gasteiger partial charge in [0.1, 0.15) is 16.8 Å². The lowest BCUT2D eigenvalue weighted by Crippen LogP contribution is -2.43. The van der Waals surface area contributed by atoms with E-state index in [1.54, 1.807) is 0 Å². The highest BCUT2D eigenvalue weighted by atomic mass is 35.5. The van der Waals surface area contributed by atoms with Gasteiger partial charge in [-0.3, -0.25) is 0 Å². The van der Waals surface area contributed by atoms with Crippen LogP contribution in [0.1, 0.15) is 44.0 Å². The van der Waals surface area contributed by atoms with E-state index in [0.717, 1.165) is 30.0 Å². The van der Waals surface area contributed by atoms with Gasteiger partial charge in [-0.15, -0.1) is 0 Å². The Morgan fingerprint density at radius 2 is 2.11 bits per heavy atom. The van der Waals surface area contributed by atoms with E-state index in [9.17, 15) is 5.11 Å². The second kappa shape index (κ2) is 6.53. The van der Waals surface area contributed by atoms with E-state index in [2.05, 4.69) is 21.8 Å². The molecule has 0 aromatic carbocycles. The van der Waals surface area contributed by atoms with Crippen LogP contribution in [0.4, 0.5) is 5.82 Å². The first-order valence-electron chi connectivity index (χ1n) is 7.07. The van der Waals surface area contributed by atoms with Crippen LogP contribution in [0, 0.1) is 6.92 Å². The largest absolute Gasteiger partial charge is 0.395 e. The Kier molecular flexibility index (Phi) is 4.99. The molecular weight excluding hydrogens is 262 g/mol. The molecule has 1 heterocycles. The van der Waals surface area contributed by atoms with Gasteiger partial charge in [0, 0.05) is 24.6 Å². The Labute approximate surface area is 119 Å². The second-order valence-corrected chi connectivity index (χ2v) is 5.49. The molecule has 19 heavy (non-hydrogen) atoms. The van der Waals surface area contributed by atoms with Crippen molar-refractivity contribution in [2.24, 2.45) is 0 Å². The van der Waals surface area contributed by atoms with Crippen molar-refractivity contribution in [1.29, 1.82) is 0 Å². The number of aliphatic hydroxyl groups is 1. The summed E-state index contributed by atoms with van der Waals surface area (Å²) in [7, 11) is 0. The molecule has 0 saturated heterocycles. The van der Waals surface area contributed by atoms with Gasteiger partial charge in [0.25, 0.3) is 0 Å². The standard InChI is InChI=1S/C14H22ClN3O/c1-3-5-12-16-13(15)10(2)14(17-12)18(8-9-19)11-6-4-7-11/h11,19H,3-9H2,1-2H3. The van der Waals surface area contributed by atoms with Crippen LogP contribution in [-0.4, -0.2) is 34.3 Å². The molecule has 1 fully saturated rings. The molecule has 0 aliphatic heterocycles. The lowest BCUT2D eigenvalue weighted by atomic mass is 9.91. The predicted octanol–water partition coefficient (Wildman–Crippen LogP) is 2.74. The van der Waals surface area contributed by atoms with Gasteiger partial charge in [0.2, 0.25) is 0 Å². The number of hydrogen-bond donors (Lipinski definition) is 1. The number of nitrogens with zero attached hydrogens (tertiary/aromatic N) is 3. The lowest BCUT2D eigenvalue weighted by molar-refractivity contribution is 0.282. The summed E-state index contributed by atoms with van der Waals surface area (Å²) in [6.07, 6.45) is 5.44. The predicted molar refractivity (Wildman–Crippen MR) is 77.8 cm³/mol. The minimum absolute atomic E-state index is 0.140. The first-order valence-corrected chi connectivity index (χ1v) is 7.45. The van der Waals surface area contributed by atoms with Crippen LogP contribution in [0.25, 0.3) is 0 Å². The summed E-state index contributed by atoms with van der Waals surface area (Å²) in [6, 6.07) is 0.492. The Morgan fingerprint density at radius 3 is 2.63 bits per heavy atom. The van der Waals surface area contributed by atoms with Crippen molar-refractivity contribution in [3.63, 3.8) is 0 Å². The summed E-state index contributed by atoms with van der Waals surface area (Å²) < 4.78 is 0. The Hall–Kier alpha value is -0.870. The van der Waals surface area contributed by atoms with Gasteiger partial charge in [0.15, 0.2) is 0 Å². The molecule has 5 heteroatoms. The van der Waals surface area contributed by atoms with Crippen LogP contribution >= 0.6 is 11.6 Å². The molecule has 1 N–H and O–H groups in total. The van der Waals surface area contributed by atoms with Gasteiger partial charge < -0.3 is 10.0 Å². The minimum atomic E-state index is 0.140. The summed E-state index contributed by atoms with van der Waals surface area (Å²) in [6.45, 7) is 4.82. The Morgan fingerprint density at radius 1 is 1.37 bits per heavy atom. The SMILES string of the molecule is CCCc1nc(Cl)c(C)c(N(CCO)C2CCC2)n1. The molecule has 0 amide bonds. The number of aromatic nitrogens is 2. The quantitative estimate of drug-likeness (QED) is 0.816. The summed E-state index contributed by atoms with van der Waals surface area (Å²) in [5.74, 6) is 1.71. The molecule has 0 spiro atoms. The molecule has 1 aromatic rings. The third-order valence-corrected chi connectivity index (χ3v) is 4.08. The molecule has 0 radical (unpaired) electrons. The number of halogens is 1. The fourth-order valence-corrected chi connectivity index (χ4v) is 2.59. The highest BCUT2D eigenvalue weighted by Gasteiger charge is 2.27. The summed E-state index contributed by atoms with van der Waals surface area (Å²) in [5.41, 5.74) is 0.918. The van der Waals surface area contributed by atoms with Gasteiger partial charge in [-0.1, -0.05) is 18.5 Å². The van der Waals surface area contributed by atoms with Crippen molar-refractivity contribution in [2.75, 3.05) is 18.1 Å². The first-order chi connectivity index (χ1) is 9.17. The monoisotopic (exact) mass is 283 g/mol. The van der Waals surface area contributed by atoms with E-state index in [4.69, 9.17) is 11.6 Å². The van der Waals surface area contributed by atoms with Gasteiger partial charge in [-0.2, -0.15) is 0 Å². The lowest BCUT2D eigenvalue weighted by Gasteiger charge is -2.39. The maximum atomic E-state index is 9.28. The van der Waals surface area contributed by atoms with Gasteiger partial charge >= 0.3 is 0 Å². The summed E-state index contributed by atoms with van der Waals surface area (Å²) in [5, 5.41) is 9.82. The fraction of sp³-hybridized carbons (Fsp3) is 0.714. The van der Waals surface area contributed by atoms with Crippen molar-refractivity contribution < 1.29 is 5.11 Å². The summed E-state index contributed by atoms with van der Waals surface area (Å²) >= 11 is 6.22. The maximum absolute atomic E-state index is 9.28. The molecule has 1 saturated carbocycles. The topological polar surface area (TPSA) is 49.2 Å². The number of aliphatic hydroxyl groups excluding tert-OH is 1. The van der Waals surface area contributed by atoms with Crippen molar-refractivity contribution in [2.45, 2.75) is 52.0 Å². The van der Waals surface area contributed by atoms with Crippen molar-refractivity contribution in [3.05, 3.63) is 16.5 Å². The van der Waals surface area contributed by atoms with Crippen LogP contribution in [0.3, 0.4) is 0 Å². The summed E-state index contributed by atoms with van der Waals surface area (Å²) in [4.78, 5) is 11.2. The van der Waals surface area contributed by atoms with Crippen molar-refractivity contribution >= 4 is 17.4 Å². The van der Waals surface area contributed by atoms with Gasteiger partial charge in [-0.25, -0.2) is 9.97 Å². The molecule has 1 aliphatic rings. The third kappa shape index (κ3) is 3.18. The molecule has 0 unspecified atom stereocenters. The molecule has 1 aliphatic carbocycles. The second-order valence-electron chi connectivity index (χ2n) is 5.13. The number of aryl methyl sites for hydroxylation is 1. The van der Waals surface area contributed by atoms with Crippen LogP contribution in [0.2, 0.25) is 5.15 Å². The number of rotatable bonds is 6. The zero-order valence-corrected chi connectivity index (χ0v) is 12.4. The molecule has 4 nitrogen and oxygen atoms in total. The Balaban J connectivity index is 2.33. The Bertz CT molecular complexity index is 435. The zero-order valence-electron chi connectivity index (χ0n) is 11.7. The third-order valence-electron chi connectivity index (χ3n) is 3.71. The van der Waals surface area contributed by atoms with E-state index in [1.165, 1.54) is 19.3 Å². The normalized spacial score (nSPS) is 15.4. The van der Waals surface area contributed by atoms with E-state index in [-0.39, 0.29) is 6.61 Å². The molecule has 106 valence electrons. The van der Waals surface area contributed by atoms with Gasteiger partial charge in [0.05, 0.1) is 6.61 Å². The van der Waals surface area contributed by atoms with E-state index >= 15 is 0 Å². The zero-order chi connectivity index (χ0) is 13.8. The average molecular weight is 284 g/mol. The highest BCUT2D eigenvalue weighted by molar-refractivity contribution is 6.30. The molecule has 0 bridgehead atoms. The van der Waals surface area contributed by atoms with Crippen molar-refractivity contribution in [1.82, 2.24) is 9.97 Å². The fourth-order valence-electron chi connectivity index (χ4n) is 2.40. The number of anilines is 1. The number of hydrogen-bond acceptors (Lipinski definition) is 4. The first kappa shape index (κ1) is 14.5. The molecule has 0 atom stereocenters. The van der Waals surface area contributed by atoms with Crippen LogP contribution < -0.4 is 4.90 Å². The molecule has 1 aromatic heterocycles. The molecule has 2 rings (SSSR count). The minimum Gasteiger partial charge on any atom is -0.395 e. The van der Waals surface area contributed by atoms with E-state index in [0.29, 0.717) is 17.7 Å². The molecular formula is C14H22ClN3O. The van der Waals surface area contributed by atoms with Crippen molar-refractivity contribution in [3.8, 4) is 0 Å². The van der Waals surface area contributed by atoms with Crippen LogP contribution in [0.5, 0.6) is 0 Å².